The van der Waals surface area contributed by atoms with Crippen molar-refractivity contribution in [3.05, 3.63) is 11.4 Å². The second-order valence-corrected chi connectivity index (χ2v) is 6.50. The first-order chi connectivity index (χ1) is 12.1. The van der Waals surface area contributed by atoms with Gasteiger partial charge in [0.2, 0.25) is 0 Å². The number of carbonyl (C=O) groups excluding carboxylic acids is 1. The summed E-state index contributed by atoms with van der Waals surface area (Å²) in [6.07, 6.45) is 3.13. The van der Waals surface area contributed by atoms with Crippen LogP contribution < -0.4 is 0 Å². The molecular formula is C17H26N6O2. The van der Waals surface area contributed by atoms with Crippen molar-refractivity contribution in [1.82, 2.24) is 25.1 Å². The number of ether oxygens (including phenoxy) is 1. The van der Waals surface area contributed by atoms with Crippen LogP contribution in [-0.2, 0) is 9.53 Å². The predicted molar refractivity (Wildman–Crippen MR) is 93.8 cm³/mol. The molecule has 0 bridgehead atoms. The SMILES string of the molecule is CCCC1=NC2c3nnnn3C(C)=C(C)C2N1CCCC(=O)OCC. The molecule has 2 aliphatic rings. The molecule has 2 unspecified atom stereocenters. The van der Waals surface area contributed by atoms with Crippen LogP contribution in [-0.4, -0.2) is 56.1 Å². The lowest BCUT2D eigenvalue weighted by atomic mass is 9.95. The fourth-order valence-electron chi connectivity index (χ4n) is 3.63. The van der Waals surface area contributed by atoms with Gasteiger partial charge < -0.3 is 9.64 Å². The molecule has 2 atom stereocenters. The zero-order chi connectivity index (χ0) is 18.0. The predicted octanol–water partition coefficient (Wildman–Crippen LogP) is 2.20. The molecule has 0 radical (unpaired) electrons. The summed E-state index contributed by atoms with van der Waals surface area (Å²) in [5, 5.41) is 12.1. The number of nitrogens with zero attached hydrogens (tertiary/aromatic N) is 6. The number of allylic oxidation sites excluding steroid dienone is 1. The molecule has 0 aromatic carbocycles. The monoisotopic (exact) mass is 346 g/mol. The lowest BCUT2D eigenvalue weighted by Gasteiger charge is -2.34. The van der Waals surface area contributed by atoms with E-state index in [1.54, 1.807) is 4.68 Å². The van der Waals surface area contributed by atoms with Crippen molar-refractivity contribution in [2.24, 2.45) is 4.99 Å². The number of amidine groups is 1. The van der Waals surface area contributed by atoms with E-state index in [1.165, 1.54) is 5.57 Å². The fourth-order valence-corrected chi connectivity index (χ4v) is 3.63. The normalized spacial score (nSPS) is 21.9. The van der Waals surface area contributed by atoms with Gasteiger partial charge in [-0.15, -0.1) is 5.10 Å². The second kappa shape index (κ2) is 7.33. The smallest absolute Gasteiger partial charge is 0.305 e. The fraction of sp³-hybridized carbons (Fsp3) is 0.706. The molecule has 1 aromatic heterocycles. The van der Waals surface area contributed by atoms with Gasteiger partial charge in [-0.25, -0.2) is 0 Å². The van der Waals surface area contributed by atoms with Gasteiger partial charge in [0.15, 0.2) is 5.82 Å². The highest BCUT2D eigenvalue weighted by atomic mass is 16.5. The van der Waals surface area contributed by atoms with E-state index in [1.807, 2.05) is 13.8 Å². The number of aliphatic imine (C=N–C) groups is 1. The third kappa shape index (κ3) is 3.17. The first kappa shape index (κ1) is 17.6. The maximum absolute atomic E-state index is 11.6. The Morgan fingerprint density at radius 2 is 2.08 bits per heavy atom. The van der Waals surface area contributed by atoms with Gasteiger partial charge in [-0.1, -0.05) is 6.92 Å². The summed E-state index contributed by atoms with van der Waals surface area (Å²) in [6, 6.07) is 0.0742. The van der Waals surface area contributed by atoms with Crippen molar-refractivity contribution in [2.45, 2.75) is 65.5 Å². The van der Waals surface area contributed by atoms with Crippen LogP contribution in [0.15, 0.2) is 10.6 Å². The largest absolute Gasteiger partial charge is 0.466 e. The lowest BCUT2D eigenvalue weighted by molar-refractivity contribution is -0.143. The number of rotatable bonds is 7. The Bertz CT molecular complexity index is 708. The quantitative estimate of drug-likeness (QED) is 0.704. The Hall–Kier alpha value is -2.25. The first-order valence-corrected chi connectivity index (χ1v) is 9.03. The molecule has 0 saturated heterocycles. The van der Waals surface area contributed by atoms with Crippen LogP contribution in [0, 0.1) is 0 Å². The molecular weight excluding hydrogens is 320 g/mol. The van der Waals surface area contributed by atoms with E-state index < -0.39 is 0 Å². The van der Waals surface area contributed by atoms with E-state index in [0.717, 1.165) is 43.2 Å². The van der Waals surface area contributed by atoms with Crippen LogP contribution in [0.4, 0.5) is 0 Å². The van der Waals surface area contributed by atoms with E-state index >= 15 is 0 Å². The molecule has 136 valence electrons. The number of fused-ring (bicyclic) bond motifs is 3. The van der Waals surface area contributed by atoms with Gasteiger partial charge in [-0.2, -0.15) is 4.68 Å². The number of tetrazole rings is 1. The van der Waals surface area contributed by atoms with Crippen molar-refractivity contribution >= 4 is 17.5 Å². The highest BCUT2D eigenvalue weighted by molar-refractivity contribution is 5.86. The third-order valence-electron chi connectivity index (χ3n) is 4.90. The van der Waals surface area contributed by atoms with Gasteiger partial charge in [0.25, 0.3) is 0 Å². The minimum absolute atomic E-state index is 0.0668. The molecule has 2 aliphatic heterocycles. The molecule has 8 heteroatoms. The van der Waals surface area contributed by atoms with Crippen LogP contribution in [0.25, 0.3) is 5.70 Å². The molecule has 3 rings (SSSR count). The van der Waals surface area contributed by atoms with E-state index in [9.17, 15) is 4.79 Å². The first-order valence-electron chi connectivity index (χ1n) is 9.03. The Labute approximate surface area is 147 Å². The highest BCUT2D eigenvalue weighted by Gasteiger charge is 2.43. The molecule has 25 heavy (non-hydrogen) atoms. The van der Waals surface area contributed by atoms with Gasteiger partial charge in [0, 0.05) is 25.1 Å². The number of hydrogen-bond acceptors (Lipinski definition) is 7. The number of esters is 1. The molecule has 1 aromatic rings. The van der Waals surface area contributed by atoms with Gasteiger partial charge in [0.1, 0.15) is 11.9 Å². The van der Waals surface area contributed by atoms with Crippen molar-refractivity contribution in [1.29, 1.82) is 0 Å². The topological polar surface area (TPSA) is 85.5 Å². The molecule has 0 aliphatic carbocycles. The van der Waals surface area contributed by atoms with Gasteiger partial charge in [-0.05, 0) is 49.6 Å². The second-order valence-electron chi connectivity index (χ2n) is 6.50. The number of hydrogen-bond donors (Lipinski definition) is 0. The average Bonchev–Trinajstić information content (AvgIpc) is 3.19. The maximum atomic E-state index is 11.6. The van der Waals surface area contributed by atoms with Crippen LogP contribution in [0.2, 0.25) is 0 Å². The summed E-state index contributed by atoms with van der Waals surface area (Å²) < 4.78 is 6.83. The van der Waals surface area contributed by atoms with Crippen LogP contribution in [0.5, 0.6) is 0 Å². The molecule has 8 nitrogen and oxygen atoms in total. The number of carbonyl (C=O) groups is 1. The lowest BCUT2D eigenvalue weighted by Crippen LogP contribution is -2.41. The van der Waals surface area contributed by atoms with Crippen molar-refractivity contribution in [3.63, 3.8) is 0 Å². The van der Waals surface area contributed by atoms with E-state index in [-0.39, 0.29) is 18.1 Å². The van der Waals surface area contributed by atoms with E-state index in [2.05, 4.69) is 34.3 Å². The Balaban J connectivity index is 1.81. The molecule has 3 heterocycles. The van der Waals surface area contributed by atoms with Crippen molar-refractivity contribution in [3.8, 4) is 0 Å². The molecule has 0 fully saturated rings. The highest BCUT2D eigenvalue weighted by Crippen LogP contribution is 2.40. The van der Waals surface area contributed by atoms with E-state index in [4.69, 9.17) is 9.73 Å². The Morgan fingerprint density at radius 1 is 1.28 bits per heavy atom. The summed E-state index contributed by atoms with van der Waals surface area (Å²) in [5.41, 5.74) is 2.29. The summed E-state index contributed by atoms with van der Waals surface area (Å²) in [5.74, 6) is 1.75. The zero-order valence-electron chi connectivity index (χ0n) is 15.4. The molecule has 0 N–H and O–H groups in total. The minimum Gasteiger partial charge on any atom is -0.466 e. The van der Waals surface area contributed by atoms with Gasteiger partial charge >= 0.3 is 5.97 Å². The summed E-state index contributed by atoms with van der Waals surface area (Å²) in [4.78, 5) is 18.9. The number of aromatic nitrogens is 4. The zero-order valence-corrected chi connectivity index (χ0v) is 15.4. The average molecular weight is 346 g/mol. The third-order valence-corrected chi connectivity index (χ3v) is 4.90. The van der Waals surface area contributed by atoms with Crippen molar-refractivity contribution < 1.29 is 9.53 Å². The van der Waals surface area contributed by atoms with Crippen LogP contribution in [0.3, 0.4) is 0 Å². The van der Waals surface area contributed by atoms with E-state index in [0.29, 0.717) is 13.0 Å². The molecule has 0 amide bonds. The van der Waals surface area contributed by atoms with Crippen molar-refractivity contribution in [2.75, 3.05) is 13.2 Å². The summed E-state index contributed by atoms with van der Waals surface area (Å²) in [7, 11) is 0. The van der Waals surface area contributed by atoms with Gasteiger partial charge in [0.05, 0.1) is 12.6 Å². The van der Waals surface area contributed by atoms with Crippen LogP contribution in [0.1, 0.15) is 65.2 Å². The molecule has 0 saturated carbocycles. The maximum Gasteiger partial charge on any atom is 0.305 e. The Kier molecular flexibility index (Phi) is 5.15. The minimum atomic E-state index is -0.136. The van der Waals surface area contributed by atoms with Crippen LogP contribution >= 0.6 is 0 Å². The summed E-state index contributed by atoms with van der Waals surface area (Å²) in [6.45, 7) is 9.36. The molecule has 0 spiro atoms. The standard InChI is InChI=1S/C17H26N6O2/c1-5-8-13-18-15-16(22(13)10-7-9-14(24)25-6-2)11(3)12(4)23-17(15)19-20-21-23/h15-16H,5-10H2,1-4H3. The van der Waals surface area contributed by atoms with Gasteiger partial charge in [-0.3, -0.25) is 9.79 Å². The summed E-state index contributed by atoms with van der Waals surface area (Å²) >= 11 is 0. The Morgan fingerprint density at radius 3 is 2.80 bits per heavy atom.